The summed E-state index contributed by atoms with van der Waals surface area (Å²) in [6.07, 6.45) is 9.97. The van der Waals surface area contributed by atoms with Crippen molar-refractivity contribution < 1.29 is 19.1 Å². The van der Waals surface area contributed by atoms with Gasteiger partial charge in [0.1, 0.15) is 0 Å². The molecule has 22 heavy (non-hydrogen) atoms. The average molecular weight is 312 g/mol. The Bertz CT molecular complexity index is 327. The molecule has 1 aliphatic carbocycles. The Morgan fingerprint density at radius 2 is 1.32 bits per heavy atom. The Morgan fingerprint density at radius 3 is 1.86 bits per heavy atom. The third-order valence-corrected chi connectivity index (χ3v) is 4.31. The molecule has 0 aromatic heterocycles. The van der Waals surface area contributed by atoms with E-state index in [1.165, 1.54) is 19.3 Å². The van der Waals surface area contributed by atoms with E-state index in [2.05, 4.69) is 6.92 Å². The summed E-state index contributed by atoms with van der Waals surface area (Å²) in [5, 5.41) is 0. The summed E-state index contributed by atoms with van der Waals surface area (Å²) in [4.78, 5) is 24.3. The summed E-state index contributed by atoms with van der Waals surface area (Å²) in [7, 11) is 0. The lowest BCUT2D eigenvalue weighted by Crippen LogP contribution is -2.35. The molecule has 2 unspecified atom stereocenters. The molecule has 2 atom stereocenters. The summed E-state index contributed by atoms with van der Waals surface area (Å²) < 4.78 is 10.6. The standard InChI is InChI=1S/C18H32O4/c1-3-5-6-7-10-14-22-18(20)16-12-9-8-11-15(16)17(19)21-13-4-2/h15-16H,3-14H2,1-2H3. The fraction of sp³-hybridized carbons (Fsp3) is 0.889. The lowest BCUT2D eigenvalue weighted by molar-refractivity contribution is -0.163. The maximum absolute atomic E-state index is 12.2. The molecule has 128 valence electrons. The Morgan fingerprint density at radius 1 is 0.773 bits per heavy atom. The molecule has 1 fully saturated rings. The Hall–Kier alpha value is -1.06. The second-order valence-corrected chi connectivity index (χ2v) is 6.25. The van der Waals surface area contributed by atoms with Gasteiger partial charge in [-0.05, 0) is 25.7 Å². The zero-order valence-electron chi connectivity index (χ0n) is 14.3. The van der Waals surface area contributed by atoms with E-state index >= 15 is 0 Å². The normalized spacial score (nSPS) is 21.4. The van der Waals surface area contributed by atoms with Gasteiger partial charge in [-0.25, -0.2) is 0 Å². The van der Waals surface area contributed by atoms with Crippen LogP contribution in [-0.2, 0) is 19.1 Å². The van der Waals surface area contributed by atoms with E-state index in [-0.39, 0.29) is 23.8 Å². The van der Waals surface area contributed by atoms with Crippen molar-refractivity contribution in [2.45, 2.75) is 78.1 Å². The van der Waals surface area contributed by atoms with Crippen LogP contribution >= 0.6 is 0 Å². The summed E-state index contributed by atoms with van der Waals surface area (Å²) in [6, 6.07) is 0. The molecule has 1 saturated carbocycles. The van der Waals surface area contributed by atoms with Gasteiger partial charge in [0.25, 0.3) is 0 Å². The highest BCUT2D eigenvalue weighted by molar-refractivity contribution is 5.82. The minimum atomic E-state index is -0.298. The van der Waals surface area contributed by atoms with Crippen LogP contribution in [0.3, 0.4) is 0 Å². The highest BCUT2D eigenvalue weighted by atomic mass is 16.5. The molecule has 0 N–H and O–H groups in total. The fourth-order valence-electron chi connectivity index (χ4n) is 2.99. The van der Waals surface area contributed by atoms with Crippen molar-refractivity contribution in [1.82, 2.24) is 0 Å². The van der Waals surface area contributed by atoms with Crippen molar-refractivity contribution in [3.8, 4) is 0 Å². The van der Waals surface area contributed by atoms with Crippen molar-refractivity contribution >= 4 is 11.9 Å². The van der Waals surface area contributed by atoms with Crippen LogP contribution < -0.4 is 0 Å². The van der Waals surface area contributed by atoms with E-state index in [1.54, 1.807) is 0 Å². The summed E-state index contributed by atoms with van der Waals surface area (Å²) >= 11 is 0. The second kappa shape index (κ2) is 11.5. The largest absolute Gasteiger partial charge is 0.465 e. The molecule has 1 aliphatic rings. The number of hydrogen-bond donors (Lipinski definition) is 0. The summed E-state index contributed by atoms with van der Waals surface area (Å²) in [5.41, 5.74) is 0. The van der Waals surface area contributed by atoms with E-state index in [4.69, 9.17) is 9.47 Å². The van der Waals surface area contributed by atoms with Gasteiger partial charge in [0, 0.05) is 0 Å². The first-order valence-electron chi connectivity index (χ1n) is 9.04. The third kappa shape index (κ3) is 6.80. The number of esters is 2. The molecule has 4 heteroatoms. The lowest BCUT2D eigenvalue weighted by Gasteiger charge is -2.28. The van der Waals surface area contributed by atoms with Gasteiger partial charge in [0.2, 0.25) is 0 Å². The molecular formula is C18H32O4. The minimum Gasteiger partial charge on any atom is -0.465 e. The van der Waals surface area contributed by atoms with Crippen LogP contribution in [0.25, 0.3) is 0 Å². The van der Waals surface area contributed by atoms with Crippen molar-refractivity contribution in [3.63, 3.8) is 0 Å². The predicted molar refractivity (Wildman–Crippen MR) is 86.4 cm³/mol. The van der Waals surface area contributed by atoms with E-state index in [1.807, 2.05) is 6.92 Å². The summed E-state index contributed by atoms with van der Waals surface area (Å²) in [6.45, 7) is 5.07. The maximum atomic E-state index is 12.2. The zero-order valence-corrected chi connectivity index (χ0v) is 14.3. The number of hydrogen-bond acceptors (Lipinski definition) is 4. The Balaban J connectivity index is 2.34. The first-order valence-corrected chi connectivity index (χ1v) is 9.04. The van der Waals surface area contributed by atoms with Crippen molar-refractivity contribution in [3.05, 3.63) is 0 Å². The quantitative estimate of drug-likeness (QED) is 0.447. The number of unbranched alkanes of at least 4 members (excludes halogenated alkanes) is 4. The second-order valence-electron chi connectivity index (χ2n) is 6.25. The zero-order chi connectivity index (χ0) is 16.2. The molecular weight excluding hydrogens is 280 g/mol. The topological polar surface area (TPSA) is 52.6 Å². The average Bonchev–Trinajstić information content (AvgIpc) is 2.55. The first-order chi connectivity index (χ1) is 10.7. The number of carbonyl (C=O) groups excluding carboxylic acids is 2. The molecule has 0 bridgehead atoms. The predicted octanol–water partition coefficient (Wildman–Crippen LogP) is 4.26. The van der Waals surface area contributed by atoms with Crippen LogP contribution in [0.5, 0.6) is 0 Å². The smallest absolute Gasteiger partial charge is 0.309 e. The van der Waals surface area contributed by atoms with E-state index in [0.717, 1.165) is 44.9 Å². The number of ether oxygens (including phenoxy) is 2. The van der Waals surface area contributed by atoms with Crippen LogP contribution in [0.15, 0.2) is 0 Å². The van der Waals surface area contributed by atoms with Gasteiger partial charge >= 0.3 is 11.9 Å². The van der Waals surface area contributed by atoms with Crippen molar-refractivity contribution in [1.29, 1.82) is 0 Å². The third-order valence-electron chi connectivity index (χ3n) is 4.31. The van der Waals surface area contributed by atoms with E-state index < -0.39 is 0 Å². The van der Waals surface area contributed by atoms with Crippen molar-refractivity contribution in [2.75, 3.05) is 13.2 Å². The van der Waals surface area contributed by atoms with Crippen LogP contribution in [-0.4, -0.2) is 25.2 Å². The van der Waals surface area contributed by atoms with Crippen LogP contribution in [0.1, 0.15) is 78.1 Å². The molecule has 0 saturated heterocycles. The van der Waals surface area contributed by atoms with E-state index in [0.29, 0.717) is 13.2 Å². The van der Waals surface area contributed by atoms with Gasteiger partial charge in [0.15, 0.2) is 0 Å². The monoisotopic (exact) mass is 312 g/mol. The van der Waals surface area contributed by atoms with Gasteiger partial charge in [-0.3, -0.25) is 9.59 Å². The Labute approximate surface area is 134 Å². The summed E-state index contributed by atoms with van der Waals surface area (Å²) in [5.74, 6) is -1.01. The highest BCUT2D eigenvalue weighted by Gasteiger charge is 2.37. The molecule has 0 spiro atoms. The molecule has 0 amide bonds. The van der Waals surface area contributed by atoms with Crippen molar-refractivity contribution in [2.24, 2.45) is 11.8 Å². The molecule has 0 aliphatic heterocycles. The Kier molecular flexibility index (Phi) is 9.93. The van der Waals surface area contributed by atoms with Crippen LogP contribution in [0.2, 0.25) is 0 Å². The molecule has 0 heterocycles. The number of carbonyl (C=O) groups is 2. The maximum Gasteiger partial charge on any atom is 0.309 e. The number of rotatable bonds is 10. The molecule has 0 aromatic carbocycles. The molecule has 0 radical (unpaired) electrons. The fourth-order valence-corrected chi connectivity index (χ4v) is 2.99. The molecule has 1 rings (SSSR count). The first kappa shape index (κ1) is 19.0. The van der Waals surface area contributed by atoms with Gasteiger partial charge < -0.3 is 9.47 Å². The highest BCUT2D eigenvalue weighted by Crippen LogP contribution is 2.32. The van der Waals surface area contributed by atoms with Gasteiger partial charge in [-0.2, -0.15) is 0 Å². The SMILES string of the molecule is CCCCCCCOC(=O)C1CCCCC1C(=O)OCCC. The van der Waals surface area contributed by atoms with Crippen LogP contribution in [0, 0.1) is 11.8 Å². The van der Waals surface area contributed by atoms with Gasteiger partial charge in [-0.15, -0.1) is 0 Å². The van der Waals surface area contributed by atoms with Gasteiger partial charge in [0.05, 0.1) is 25.0 Å². The molecule has 4 nitrogen and oxygen atoms in total. The minimum absolute atomic E-state index is 0.200. The van der Waals surface area contributed by atoms with Crippen LogP contribution in [0.4, 0.5) is 0 Å². The molecule has 0 aromatic rings. The van der Waals surface area contributed by atoms with Gasteiger partial charge in [-0.1, -0.05) is 52.4 Å². The van der Waals surface area contributed by atoms with E-state index in [9.17, 15) is 9.59 Å². The lowest BCUT2D eigenvalue weighted by atomic mass is 9.79.